The van der Waals surface area contributed by atoms with Gasteiger partial charge in [-0.2, -0.15) is 36.9 Å². The molecule has 0 radical (unpaired) electrons. The maximum atomic E-state index is 11.9. The molecule has 12 nitrogen and oxygen atoms in total. The van der Waals surface area contributed by atoms with Crippen molar-refractivity contribution >= 4 is 34.8 Å². The fourth-order valence-electron chi connectivity index (χ4n) is 1.64. The number of nitrogens with zero attached hydrogens (tertiary/aromatic N) is 8. The minimum absolute atomic E-state index is 0. The van der Waals surface area contributed by atoms with Gasteiger partial charge in [0.05, 0.1) is 26.4 Å². The fourth-order valence-corrected chi connectivity index (χ4v) is 1.64. The summed E-state index contributed by atoms with van der Waals surface area (Å²) in [6.07, 6.45) is -9.44. The molecule has 2 aliphatic rings. The van der Waals surface area contributed by atoms with Crippen molar-refractivity contribution in [3.05, 3.63) is 22.2 Å². The van der Waals surface area contributed by atoms with Crippen molar-refractivity contribution in [3.63, 3.8) is 0 Å². The first-order valence-corrected chi connectivity index (χ1v) is 8.79. The van der Waals surface area contributed by atoms with Crippen LogP contribution in [0.5, 0.6) is 0 Å². The predicted molar refractivity (Wildman–Crippen MR) is 115 cm³/mol. The Labute approximate surface area is 236 Å². The van der Waals surface area contributed by atoms with Crippen LogP contribution in [-0.4, -0.2) is 93.3 Å². The molecular formula is C18H16F6Li2N8O4. The van der Waals surface area contributed by atoms with Gasteiger partial charge >= 0.3 is 50.1 Å². The summed E-state index contributed by atoms with van der Waals surface area (Å²) in [7, 11) is 3.30. The number of alkyl halides is 6. The first-order chi connectivity index (χ1) is 16.4. The zero-order valence-corrected chi connectivity index (χ0v) is 20.4. The normalized spacial score (nSPS) is 13.3. The van der Waals surface area contributed by atoms with Gasteiger partial charge in [0, 0.05) is 14.2 Å². The molecule has 2 rings (SSSR count). The first kappa shape index (κ1) is 42.3. The summed E-state index contributed by atoms with van der Waals surface area (Å²) >= 11 is 0. The van der Waals surface area contributed by atoms with Gasteiger partial charge in [0.2, 0.25) is 11.7 Å². The first-order valence-electron chi connectivity index (χ1n) is 8.79. The number of allylic oxidation sites excluding steroid dienone is 2. The summed E-state index contributed by atoms with van der Waals surface area (Å²) < 4.78 is 86.0. The van der Waals surface area contributed by atoms with Gasteiger partial charge in [-0.15, -0.1) is 0 Å². The second-order valence-corrected chi connectivity index (χ2v) is 5.53. The van der Waals surface area contributed by atoms with Crippen LogP contribution in [0.25, 0.3) is 10.8 Å². The Morgan fingerprint density at radius 2 is 1.00 bits per heavy atom. The molecule has 0 unspecified atom stereocenters. The predicted octanol–water partition coefficient (Wildman–Crippen LogP) is -4.42. The van der Waals surface area contributed by atoms with Crippen LogP contribution in [0.1, 0.15) is 0 Å². The number of methoxy groups -OCH3 is 2. The van der Waals surface area contributed by atoms with Gasteiger partial charge < -0.3 is 30.5 Å². The van der Waals surface area contributed by atoms with Gasteiger partial charge in [-0.3, -0.25) is 0 Å². The molecule has 2 N–H and O–H groups in total. The average molecular weight is 536 g/mol. The van der Waals surface area contributed by atoms with Crippen LogP contribution < -0.4 is 37.7 Å². The van der Waals surface area contributed by atoms with Crippen molar-refractivity contribution in [1.29, 1.82) is 10.5 Å². The van der Waals surface area contributed by atoms with Crippen LogP contribution in [0.2, 0.25) is 0 Å². The summed E-state index contributed by atoms with van der Waals surface area (Å²) in [5, 5.41) is 33.0. The van der Waals surface area contributed by atoms with E-state index in [0.717, 1.165) is 0 Å². The van der Waals surface area contributed by atoms with E-state index < -0.39 is 46.8 Å². The number of rotatable bonds is 6. The van der Waals surface area contributed by atoms with E-state index in [9.17, 15) is 26.3 Å². The molecule has 20 heteroatoms. The van der Waals surface area contributed by atoms with Gasteiger partial charge in [0.1, 0.15) is 23.5 Å². The number of ether oxygens (including phenoxy) is 3. The van der Waals surface area contributed by atoms with E-state index in [-0.39, 0.29) is 43.2 Å². The zero-order chi connectivity index (χ0) is 27.1. The van der Waals surface area contributed by atoms with E-state index in [4.69, 9.17) is 35.6 Å². The second-order valence-electron chi connectivity index (χ2n) is 5.53. The molecule has 0 saturated heterocycles. The molecule has 0 aliphatic carbocycles. The van der Waals surface area contributed by atoms with Crippen LogP contribution in [-0.2, 0) is 14.2 Å². The van der Waals surface area contributed by atoms with Crippen molar-refractivity contribution in [3.8, 4) is 12.1 Å². The van der Waals surface area contributed by atoms with E-state index in [2.05, 4.69) is 20.0 Å². The van der Waals surface area contributed by atoms with Crippen molar-refractivity contribution in [2.24, 2.45) is 20.0 Å². The van der Waals surface area contributed by atoms with E-state index in [1.165, 1.54) is 23.9 Å². The smallest absolute Gasteiger partial charge is 0.761 e. The molecule has 0 amide bonds. The number of nitriles is 2. The quantitative estimate of drug-likeness (QED) is 0.142. The molecule has 0 bridgehead atoms. The topological polar surface area (TPSA) is 201 Å². The Balaban J connectivity index is -0.000000224. The minimum atomic E-state index is -4.72. The molecule has 38 heavy (non-hydrogen) atoms. The minimum Gasteiger partial charge on any atom is -0.761 e. The standard InChI is InChI=1S/2C6F3N4.C6H14O3.2Li.H2O/c2*7-6(8,9)5-12-3(1-10)4(2-11)13-5;1-7-3-5-9-6-4-8-2;;;/h;;3-6H2,1-2H3;;;1H2/q2*-1;;2*+1;. The van der Waals surface area contributed by atoms with Crippen LogP contribution in [0.4, 0.5) is 26.3 Å². The summed E-state index contributed by atoms with van der Waals surface area (Å²) in [4.78, 5) is 11.4. The number of hydrogen-bond acceptors (Lipinski definition) is 9. The third-order valence-electron chi connectivity index (χ3n) is 3.11. The third-order valence-corrected chi connectivity index (χ3v) is 3.11. The third kappa shape index (κ3) is 15.4. The van der Waals surface area contributed by atoms with Crippen molar-refractivity contribution in [1.82, 2.24) is 0 Å². The zero-order valence-electron chi connectivity index (χ0n) is 20.4. The van der Waals surface area contributed by atoms with Gasteiger partial charge in [-0.1, -0.05) is 0 Å². The van der Waals surface area contributed by atoms with Gasteiger partial charge in [-0.25, -0.2) is 31.7 Å². The van der Waals surface area contributed by atoms with Crippen LogP contribution in [0.3, 0.4) is 0 Å². The fraction of sp³-hybridized carbons (Fsp3) is 0.444. The van der Waals surface area contributed by atoms with Crippen LogP contribution in [0.15, 0.2) is 31.4 Å². The average Bonchev–Trinajstić information content (AvgIpc) is 3.43. The molecular weight excluding hydrogens is 520 g/mol. The Kier molecular flexibility index (Phi) is 23.5. The van der Waals surface area contributed by atoms with Gasteiger partial charge in [0.25, 0.3) is 0 Å². The summed E-state index contributed by atoms with van der Waals surface area (Å²) in [6.45, 7) is 2.62. The SMILES string of the molecule is COCCOCCOC.N#CC1=NC(C(F)(F)F)=NC1=C=[N-].N#CC1=NC(C(F)(F)F)=NC1=C=[N-].O.[Li+].[Li+]. The Bertz CT molecular complexity index is 994. The number of amidine groups is 2. The summed E-state index contributed by atoms with van der Waals surface area (Å²) in [6, 6.07) is 2.69. The molecule has 0 spiro atoms. The maximum Gasteiger partial charge on any atom is 1.00 e. The van der Waals surface area contributed by atoms with Gasteiger partial charge in [0.15, 0.2) is 11.4 Å². The maximum absolute atomic E-state index is 11.9. The summed E-state index contributed by atoms with van der Waals surface area (Å²) in [5.74, 6) is -0.230. The van der Waals surface area contributed by atoms with E-state index >= 15 is 0 Å². The number of halogens is 6. The van der Waals surface area contributed by atoms with Crippen molar-refractivity contribution < 1.29 is 83.8 Å². The molecule has 196 valence electrons. The molecule has 0 aromatic rings. The molecule has 0 aromatic carbocycles. The Morgan fingerprint density at radius 1 is 0.684 bits per heavy atom. The second kappa shape index (κ2) is 21.1. The van der Waals surface area contributed by atoms with Crippen molar-refractivity contribution in [2.45, 2.75) is 12.4 Å². The summed E-state index contributed by atoms with van der Waals surface area (Å²) in [5.41, 5.74) is -2.41. The number of hydrogen-bond donors (Lipinski definition) is 0. The molecule has 0 fully saturated rings. The molecule has 0 saturated carbocycles. The van der Waals surface area contributed by atoms with E-state index in [0.29, 0.717) is 26.4 Å². The van der Waals surface area contributed by atoms with Crippen LogP contribution >= 0.6 is 0 Å². The number of aliphatic imine (C=N–C) groups is 4. The molecule has 0 atom stereocenters. The molecule has 0 aromatic heterocycles. The Hall–Kier alpha value is -2.83. The largest absolute Gasteiger partial charge is 1.00 e. The monoisotopic (exact) mass is 536 g/mol. The van der Waals surface area contributed by atoms with Crippen LogP contribution in [0, 0.1) is 22.7 Å². The Morgan fingerprint density at radius 3 is 1.18 bits per heavy atom. The molecule has 2 heterocycles. The van der Waals surface area contributed by atoms with Crippen molar-refractivity contribution in [2.75, 3.05) is 40.6 Å². The van der Waals surface area contributed by atoms with E-state index in [1.54, 1.807) is 14.2 Å². The molecule has 2 aliphatic heterocycles. The van der Waals surface area contributed by atoms with Gasteiger partial charge in [-0.05, 0) is 0 Å². The van der Waals surface area contributed by atoms with E-state index in [1.807, 2.05) is 0 Å².